The first-order chi connectivity index (χ1) is 11.2. The molecule has 1 aromatic rings. The Morgan fingerprint density at radius 2 is 2.26 bits per heavy atom. The van der Waals surface area contributed by atoms with Gasteiger partial charge < -0.3 is 24.8 Å². The van der Waals surface area contributed by atoms with Crippen LogP contribution in [-0.2, 0) is 0 Å². The van der Waals surface area contributed by atoms with Gasteiger partial charge in [-0.25, -0.2) is 0 Å². The summed E-state index contributed by atoms with van der Waals surface area (Å²) in [5.41, 5.74) is 0.568. The molecule has 0 saturated carbocycles. The fraction of sp³-hybridized carbons (Fsp3) is 0.588. The van der Waals surface area contributed by atoms with Crippen LogP contribution in [0.15, 0.2) is 18.2 Å². The summed E-state index contributed by atoms with van der Waals surface area (Å²) in [7, 11) is 0. The van der Waals surface area contributed by atoms with Crippen LogP contribution in [0.3, 0.4) is 0 Å². The fourth-order valence-corrected chi connectivity index (χ4v) is 3.78. The Hall–Kier alpha value is -1.79. The van der Waals surface area contributed by atoms with E-state index in [0.717, 1.165) is 25.4 Å². The summed E-state index contributed by atoms with van der Waals surface area (Å²) in [4.78, 5) is 14.9. The van der Waals surface area contributed by atoms with Gasteiger partial charge in [-0.2, -0.15) is 0 Å². The van der Waals surface area contributed by atoms with E-state index in [2.05, 4.69) is 10.2 Å². The number of hydrogen-bond acceptors (Lipinski definition) is 5. The molecule has 2 N–H and O–H groups in total. The molecule has 2 bridgehead atoms. The van der Waals surface area contributed by atoms with E-state index in [1.54, 1.807) is 18.2 Å². The first kappa shape index (κ1) is 14.8. The minimum atomic E-state index is -0.373. The molecule has 4 rings (SSSR count). The first-order valence-corrected chi connectivity index (χ1v) is 8.29. The molecule has 6 heteroatoms. The summed E-state index contributed by atoms with van der Waals surface area (Å²) < 4.78 is 11.2. The third-order valence-corrected chi connectivity index (χ3v) is 4.93. The SMILES string of the molecule is O=C(N[C@@H]1C[C@H]2CCN(C2)C1)c1ccc2c(c1)O[C@@H](CO)CO2. The lowest BCUT2D eigenvalue weighted by Gasteiger charge is -2.30. The highest BCUT2D eigenvalue weighted by Gasteiger charge is 2.33. The van der Waals surface area contributed by atoms with E-state index < -0.39 is 0 Å². The monoisotopic (exact) mass is 318 g/mol. The molecule has 124 valence electrons. The van der Waals surface area contributed by atoms with Gasteiger partial charge in [0, 0.05) is 24.7 Å². The van der Waals surface area contributed by atoms with Gasteiger partial charge in [0.1, 0.15) is 6.61 Å². The zero-order valence-corrected chi connectivity index (χ0v) is 13.0. The average Bonchev–Trinajstić information content (AvgIpc) is 2.92. The van der Waals surface area contributed by atoms with Crippen molar-refractivity contribution in [2.45, 2.75) is 25.0 Å². The molecule has 4 atom stereocenters. The van der Waals surface area contributed by atoms with Crippen LogP contribution in [0, 0.1) is 5.92 Å². The van der Waals surface area contributed by atoms with Crippen LogP contribution in [0.1, 0.15) is 23.2 Å². The third kappa shape index (κ3) is 3.01. The molecule has 23 heavy (non-hydrogen) atoms. The van der Waals surface area contributed by atoms with E-state index in [-0.39, 0.29) is 24.7 Å². The number of amides is 1. The van der Waals surface area contributed by atoms with Crippen LogP contribution in [0.5, 0.6) is 11.5 Å². The van der Waals surface area contributed by atoms with Gasteiger partial charge in [-0.1, -0.05) is 0 Å². The van der Waals surface area contributed by atoms with Crippen LogP contribution in [0.2, 0.25) is 0 Å². The molecule has 1 amide bonds. The Morgan fingerprint density at radius 3 is 3.09 bits per heavy atom. The number of piperidine rings is 1. The van der Waals surface area contributed by atoms with Crippen molar-refractivity contribution in [3.8, 4) is 11.5 Å². The second-order valence-electron chi connectivity index (χ2n) is 6.72. The summed E-state index contributed by atoms with van der Waals surface area (Å²) in [6.07, 6.45) is 1.95. The second kappa shape index (κ2) is 6.02. The van der Waals surface area contributed by atoms with Crippen LogP contribution < -0.4 is 14.8 Å². The van der Waals surface area contributed by atoms with Crippen molar-refractivity contribution in [3.05, 3.63) is 23.8 Å². The van der Waals surface area contributed by atoms with E-state index >= 15 is 0 Å². The average molecular weight is 318 g/mol. The Kier molecular flexibility index (Phi) is 3.87. The van der Waals surface area contributed by atoms with Gasteiger partial charge in [0.05, 0.1) is 6.61 Å². The number of rotatable bonds is 3. The highest BCUT2D eigenvalue weighted by molar-refractivity contribution is 5.95. The molecule has 0 aromatic heterocycles. The minimum Gasteiger partial charge on any atom is -0.486 e. The summed E-state index contributed by atoms with van der Waals surface area (Å²) in [6, 6.07) is 5.44. The molecule has 2 fully saturated rings. The van der Waals surface area contributed by atoms with E-state index in [4.69, 9.17) is 9.47 Å². The number of benzene rings is 1. The number of aliphatic hydroxyl groups is 1. The van der Waals surface area contributed by atoms with Gasteiger partial charge in [0.2, 0.25) is 0 Å². The van der Waals surface area contributed by atoms with Crippen molar-refractivity contribution in [2.24, 2.45) is 5.92 Å². The van der Waals surface area contributed by atoms with Gasteiger partial charge in [-0.3, -0.25) is 4.79 Å². The van der Waals surface area contributed by atoms with Gasteiger partial charge in [0.15, 0.2) is 17.6 Å². The lowest BCUT2D eigenvalue weighted by molar-refractivity contribution is 0.0455. The molecule has 0 spiro atoms. The third-order valence-electron chi connectivity index (χ3n) is 4.93. The first-order valence-electron chi connectivity index (χ1n) is 8.29. The quantitative estimate of drug-likeness (QED) is 0.856. The van der Waals surface area contributed by atoms with Crippen LogP contribution in [-0.4, -0.2) is 60.9 Å². The molecular weight excluding hydrogens is 296 g/mol. The fourth-order valence-electron chi connectivity index (χ4n) is 3.78. The van der Waals surface area contributed by atoms with Gasteiger partial charge in [0.25, 0.3) is 5.91 Å². The van der Waals surface area contributed by atoms with Crippen molar-refractivity contribution < 1.29 is 19.4 Å². The smallest absolute Gasteiger partial charge is 0.251 e. The van der Waals surface area contributed by atoms with Crippen molar-refractivity contribution in [3.63, 3.8) is 0 Å². The van der Waals surface area contributed by atoms with Gasteiger partial charge in [-0.05, 0) is 43.5 Å². The number of aliphatic hydroxyl groups excluding tert-OH is 1. The largest absolute Gasteiger partial charge is 0.486 e. The number of nitrogens with zero attached hydrogens (tertiary/aromatic N) is 1. The molecule has 3 aliphatic heterocycles. The van der Waals surface area contributed by atoms with Crippen molar-refractivity contribution in [2.75, 3.05) is 32.8 Å². The maximum Gasteiger partial charge on any atom is 0.251 e. The predicted octanol–water partition coefficient (Wildman–Crippen LogP) is 0.643. The molecule has 0 aliphatic carbocycles. The van der Waals surface area contributed by atoms with Crippen LogP contribution in [0.25, 0.3) is 0 Å². The molecule has 6 nitrogen and oxygen atoms in total. The Morgan fingerprint density at radius 1 is 1.35 bits per heavy atom. The van der Waals surface area contributed by atoms with E-state index in [1.807, 2.05) is 0 Å². The molecule has 2 saturated heterocycles. The Balaban J connectivity index is 1.44. The zero-order chi connectivity index (χ0) is 15.8. The number of carbonyl (C=O) groups excluding carboxylic acids is 1. The summed E-state index contributed by atoms with van der Waals surface area (Å²) in [6.45, 7) is 3.51. The van der Waals surface area contributed by atoms with Crippen molar-refractivity contribution in [1.29, 1.82) is 0 Å². The second-order valence-corrected chi connectivity index (χ2v) is 6.72. The normalized spacial score (nSPS) is 31.7. The van der Waals surface area contributed by atoms with E-state index in [1.165, 1.54) is 13.0 Å². The minimum absolute atomic E-state index is 0.0741. The maximum atomic E-state index is 12.5. The summed E-state index contributed by atoms with van der Waals surface area (Å²) in [5, 5.41) is 12.3. The highest BCUT2D eigenvalue weighted by atomic mass is 16.6. The lowest BCUT2D eigenvalue weighted by Crippen LogP contribution is -2.47. The lowest BCUT2D eigenvalue weighted by atomic mass is 9.96. The summed E-state index contributed by atoms with van der Waals surface area (Å²) in [5.74, 6) is 1.79. The van der Waals surface area contributed by atoms with E-state index in [0.29, 0.717) is 23.7 Å². The van der Waals surface area contributed by atoms with Crippen molar-refractivity contribution in [1.82, 2.24) is 10.2 Å². The number of nitrogens with one attached hydrogen (secondary N) is 1. The number of hydrogen-bond donors (Lipinski definition) is 2. The van der Waals surface area contributed by atoms with Gasteiger partial charge in [-0.15, -0.1) is 0 Å². The van der Waals surface area contributed by atoms with Crippen LogP contribution >= 0.6 is 0 Å². The molecule has 3 heterocycles. The molecule has 1 unspecified atom stereocenters. The Labute approximate surface area is 135 Å². The maximum absolute atomic E-state index is 12.5. The van der Waals surface area contributed by atoms with E-state index in [9.17, 15) is 9.90 Å². The Bertz CT molecular complexity index is 594. The molecular formula is C17H22N2O4. The number of fused-ring (bicyclic) bond motifs is 3. The molecule has 1 aromatic carbocycles. The van der Waals surface area contributed by atoms with Crippen LogP contribution in [0.4, 0.5) is 0 Å². The standard InChI is InChI=1S/C17H22N2O4/c20-9-14-10-22-15-2-1-12(6-16(15)23-14)17(21)18-13-5-11-3-4-19(7-11)8-13/h1-2,6,11,13-14,20H,3-5,7-10H2,(H,18,21)/t11-,13-,14+/m1/s1. The number of ether oxygens (including phenoxy) is 2. The zero-order valence-electron chi connectivity index (χ0n) is 13.0. The van der Waals surface area contributed by atoms with Crippen molar-refractivity contribution >= 4 is 5.91 Å². The molecule has 3 aliphatic rings. The summed E-state index contributed by atoms with van der Waals surface area (Å²) >= 11 is 0. The predicted molar refractivity (Wildman–Crippen MR) is 83.9 cm³/mol. The topological polar surface area (TPSA) is 71.0 Å². The number of carbonyl (C=O) groups is 1. The van der Waals surface area contributed by atoms with Gasteiger partial charge >= 0.3 is 0 Å². The molecule has 0 radical (unpaired) electrons. The highest BCUT2D eigenvalue weighted by Crippen LogP contribution is 2.33.